The first-order valence-electron chi connectivity index (χ1n) is 7.60. The van der Waals surface area contributed by atoms with Crippen LogP contribution in [-0.2, 0) is 12.8 Å². The number of hydrogen-bond donors (Lipinski definition) is 2. The summed E-state index contributed by atoms with van der Waals surface area (Å²) in [6, 6.07) is 7.88. The van der Waals surface area contributed by atoms with Crippen molar-refractivity contribution in [2.24, 2.45) is 0 Å². The number of nitrogens with zero attached hydrogens (tertiary/aromatic N) is 2. The topological polar surface area (TPSA) is 74.4 Å². The highest BCUT2D eigenvalue weighted by Crippen LogP contribution is 2.27. The number of thiophene rings is 1. The van der Waals surface area contributed by atoms with Crippen LogP contribution in [-0.4, -0.2) is 19.9 Å². The molecular weight excluding hydrogens is 308 g/mol. The summed E-state index contributed by atoms with van der Waals surface area (Å²) in [7, 11) is 0. The number of imidazole rings is 1. The SMILES string of the molecule is CCc1c(C)sc2nc(Cc3nc4ccccc4[nH]3)[nH]c(=O)c12. The lowest BCUT2D eigenvalue weighted by Gasteiger charge is -1.99. The van der Waals surface area contributed by atoms with Crippen molar-refractivity contribution in [2.45, 2.75) is 26.7 Å². The zero-order valence-electron chi connectivity index (χ0n) is 12.9. The maximum absolute atomic E-state index is 12.4. The Hall–Kier alpha value is -2.47. The van der Waals surface area contributed by atoms with Crippen LogP contribution in [0.4, 0.5) is 0 Å². The van der Waals surface area contributed by atoms with Gasteiger partial charge >= 0.3 is 0 Å². The molecule has 0 aliphatic rings. The molecular formula is C17H16N4OS. The van der Waals surface area contributed by atoms with Crippen LogP contribution in [0.1, 0.15) is 29.0 Å². The second-order valence-corrected chi connectivity index (χ2v) is 6.76. The normalized spacial score (nSPS) is 11.6. The molecule has 3 heterocycles. The van der Waals surface area contributed by atoms with Crippen molar-refractivity contribution in [3.05, 3.63) is 56.7 Å². The van der Waals surface area contributed by atoms with E-state index in [1.807, 2.05) is 31.2 Å². The number of benzene rings is 1. The van der Waals surface area contributed by atoms with Crippen LogP contribution in [0.2, 0.25) is 0 Å². The Labute approximate surface area is 136 Å². The molecule has 0 aliphatic carbocycles. The van der Waals surface area contributed by atoms with Gasteiger partial charge in [-0.15, -0.1) is 11.3 Å². The molecule has 4 rings (SSSR count). The van der Waals surface area contributed by atoms with Crippen molar-refractivity contribution < 1.29 is 0 Å². The molecule has 0 unspecified atom stereocenters. The van der Waals surface area contributed by atoms with E-state index in [0.29, 0.717) is 12.2 Å². The number of H-pyrrole nitrogens is 2. The van der Waals surface area contributed by atoms with E-state index in [9.17, 15) is 4.79 Å². The number of nitrogens with one attached hydrogen (secondary N) is 2. The Morgan fingerprint density at radius 3 is 2.70 bits per heavy atom. The molecule has 3 aromatic heterocycles. The van der Waals surface area contributed by atoms with Crippen LogP contribution in [0.3, 0.4) is 0 Å². The molecule has 0 aliphatic heterocycles. The van der Waals surface area contributed by atoms with E-state index < -0.39 is 0 Å². The standard InChI is InChI=1S/C17H16N4OS/c1-3-10-9(2)23-17-15(10)16(22)20-14(21-17)8-13-18-11-6-4-5-7-12(11)19-13/h4-7H,3,8H2,1-2H3,(H,18,19)(H,20,21,22). The fourth-order valence-corrected chi connectivity index (χ4v) is 4.11. The Morgan fingerprint density at radius 2 is 1.91 bits per heavy atom. The van der Waals surface area contributed by atoms with Gasteiger partial charge in [-0.05, 0) is 31.0 Å². The van der Waals surface area contributed by atoms with Crippen molar-refractivity contribution in [3.8, 4) is 0 Å². The lowest BCUT2D eigenvalue weighted by molar-refractivity contribution is 0.922. The van der Waals surface area contributed by atoms with Crippen LogP contribution < -0.4 is 5.56 Å². The number of para-hydroxylation sites is 2. The quantitative estimate of drug-likeness (QED) is 0.607. The Bertz CT molecular complexity index is 1040. The van der Waals surface area contributed by atoms with E-state index in [1.165, 1.54) is 4.88 Å². The molecule has 4 aromatic rings. The average Bonchev–Trinajstić information content (AvgIpc) is 3.06. The van der Waals surface area contributed by atoms with Gasteiger partial charge in [-0.1, -0.05) is 19.1 Å². The third kappa shape index (κ3) is 2.35. The lowest BCUT2D eigenvalue weighted by Crippen LogP contribution is -2.12. The van der Waals surface area contributed by atoms with E-state index in [4.69, 9.17) is 0 Å². The summed E-state index contributed by atoms with van der Waals surface area (Å²) in [6.45, 7) is 4.11. The summed E-state index contributed by atoms with van der Waals surface area (Å²) in [5.41, 5.74) is 2.97. The van der Waals surface area contributed by atoms with Crippen molar-refractivity contribution in [1.82, 2.24) is 19.9 Å². The lowest BCUT2D eigenvalue weighted by atomic mass is 10.1. The second kappa shape index (κ2) is 5.31. The van der Waals surface area contributed by atoms with Gasteiger partial charge in [0.1, 0.15) is 16.5 Å². The van der Waals surface area contributed by atoms with Gasteiger partial charge in [-0.2, -0.15) is 0 Å². The molecule has 2 N–H and O–H groups in total. The Kier molecular flexibility index (Phi) is 3.27. The minimum atomic E-state index is -0.0534. The van der Waals surface area contributed by atoms with Gasteiger partial charge in [0.15, 0.2) is 0 Å². The zero-order valence-corrected chi connectivity index (χ0v) is 13.8. The zero-order chi connectivity index (χ0) is 16.0. The van der Waals surface area contributed by atoms with Crippen LogP contribution >= 0.6 is 11.3 Å². The summed E-state index contributed by atoms with van der Waals surface area (Å²) >= 11 is 1.59. The van der Waals surface area contributed by atoms with Gasteiger partial charge in [-0.25, -0.2) is 9.97 Å². The first-order valence-corrected chi connectivity index (χ1v) is 8.42. The highest BCUT2D eigenvalue weighted by Gasteiger charge is 2.14. The molecule has 0 saturated carbocycles. The number of hydrogen-bond acceptors (Lipinski definition) is 4. The summed E-state index contributed by atoms with van der Waals surface area (Å²) < 4.78 is 0. The first kappa shape index (κ1) is 14.1. The minimum Gasteiger partial charge on any atom is -0.342 e. The molecule has 0 radical (unpaired) electrons. The third-order valence-corrected chi connectivity index (χ3v) is 5.08. The van der Waals surface area contributed by atoms with E-state index in [1.54, 1.807) is 11.3 Å². The molecule has 0 saturated heterocycles. The van der Waals surface area contributed by atoms with Gasteiger partial charge in [0.05, 0.1) is 22.8 Å². The summed E-state index contributed by atoms with van der Waals surface area (Å²) in [4.78, 5) is 29.8. The van der Waals surface area contributed by atoms with E-state index >= 15 is 0 Å². The number of rotatable bonds is 3. The molecule has 0 atom stereocenters. The van der Waals surface area contributed by atoms with E-state index in [2.05, 4.69) is 26.9 Å². The average molecular weight is 324 g/mol. The van der Waals surface area contributed by atoms with E-state index in [-0.39, 0.29) is 5.56 Å². The predicted octanol–water partition coefficient (Wildman–Crippen LogP) is 3.32. The predicted molar refractivity (Wildman–Crippen MR) is 93.3 cm³/mol. The monoisotopic (exact) mass is 324 g/mol. The fraction of sp³-hybridized carbons (Fsp3) is 0.235. The summed E-state index contributed by atoms with van der Waals surface area (Å²) in [6.07, 6.45) is 1.33. The molecule has 0 spiro atoms. The summed E-state index contributed by atoms with van der Waals surface area (Å²) in [5.74, 6) is 1.45. The van der Waals surface area contributed by atoms with Crippen LogP contribution in [0, 0.1) is 6.92 Å². The number of aromatic nitrogens is 4. The van der Waals surface area contributed by atoms with Crippen LogP contribution in [0.5, 0.6) is 0 Å². The first-order chi connectivity index (χ1) is 11.2. The van der Waals surface area contributed by atoms with Gasteiger partial charge in [-0.3, -0.25) is 4.79 Å². The largest absolute Gasteiger partial charge is 0.342 e. The van der Waals surface area contributed by atoms with Gasteiger partial charge in [0.25, 0.3) is 5.56 Å². The minimum absolute atomic E-state index is 0.0534. The van der Waals surface area contributed by atoms with Crippen LogP contribution in [0.15, 0.2) is 29.1 Å². The number of fused-ring (bicyclic) bond motifs is 2. The Morgan fingerprint density at radius 1 is 1.13 bits per heavy atom. The molecule has 0 amide bonds. The molecule has 23 heavy (non-hydrogen) atoms. The fourth-order valence-electron chi connectivity index (χ4n) is 2.98. The Balaban J connectivity index is 1.78. The van der Waals surface area contributed by atoms with E-state index in [0.717, 1.165) is 39.1 Å². The number of aryl methyl sites for hydroxylation is 2. The highest BCUT2D eigenvalue weighted by atomic mass is 32.1. The molecule has 116 valence electrons. The van der Waals surface area contributed by atoms with Gasteiger partial charge in [0, 0.05) is 4.88 Å². The second-order valence-electron chi connectivity index (χ2n) is 5.56. The van der Waals surface area contributed by atoms with Crippen molar-refractivity contribution >= 4 is 32.6 Å². The smallest absolute Gasteiger partial charge is 0.259 e. The maximum Gasteiger partial charge on any atom is 0.259 e. The van der Waals surface area contributed by atoms with Crippen molar-refractivity contribution in [3.63, 3.8) is 0 Å². The molecule has 5 nitrogen and oxygen atoms in total. The molecule has 6 heteroatoms. The van der Waals surface area contributed by atoms with Gasteiger partial charge < -0.3 is 9.97 Å². The van der Waals surface area contributed by atoms with Gasteiger partial charge in [0.2, 0.25) is 0 Å². The van der Waals surface area contributed by atoms with Crippen molar-refractivity contribution in [2.75, 3.05) is 0 Å². The van der Waals surface area contributed by atoms with Crippen molar-refractivity contribution in [1.29, 1.82) is 0 Å². The third-order valence-electron chi connectivity index (χ3n) is 4.04. The molecule has 0 bridgehead atoms. The molecule has 1 aromatic carbocycles. The molecule has 0 fully saturated rings. The summed E-state index contributed by atoms with van der Waals surface area (Å²) in [5, 5.41) is 0.739. The van der Waals surface area contributed by atoms with Crippen LogP contribution in [0.25, 0.3) is 21.3 Å². The maximum atomic E-state index is 12.4. The number of aromatic amines is 2. The highest BCUT2D eigenvalue weighted by molar-refractivity contribution is 7.18.